The van der Waals surface area contributed by atoms with Gasteiger partial charge in [0.2, 0.25) is 0 Å². The second kappa shape index (κ2) is 6.30. The zero-order valence-corrected chi connectivity index (χ0v) is 18.7. The molecule has 0 aromatic heterocycles. The van der Waals surface area contributed by atoms with Crippen molar-refractivity contribution in [2.75, 3.05) is 19.5 Å². The summed E-state index contributed by atoms with van der Waals surface area (Å²) in [5.74, 6) is -1.19. The van der Waals surface area contributed by atoms with Crippen LogP contribution in [0.1, 0.15) is 41.4 Å². The van der Waals surface area contributed by atoms with Gasteiger partial charge in [-0.2, -0.15) is 0 Å². The Labute approximate surface area is 197 Å². The van der Waals surface area contributed by atoms with Crippen molar-refractivity contribution >= 4 is 78.3 Å². The summed E-state index contributed by atoms with van der Waals surface area (Å²) >= 11 is 5.85. The Hall–Kier alpha value is -4.03. The minimum absolute atomic E-state index is 0.147. The lowest BCUT2D eigenvalue weighted by Crippen LogP contribution is -2.41. The molecule has 7 rings (SSSR count). The van der Waals surface area contributed by atoms with Crippen LogP contribution in [0.15, 0.2) is 48.5 Å². The van der Waals surface area contributed by atoms with E-state index in [1.165, 1.54) is 11.9 Å². The number of imide groups is 2. The van der Waals surface area contributed by atoms with Crippen LogP contribution in [-0.2, 0) is 0 Å². The smallest absolute Gasteiger partial charge is 0.261 e. The number of alkyl halides is 1. The molecule has 0 unspecified atom stereocenters. The van der Waals surface area contributed by atoms with Gasteiger partial charge in [0.1, 0.15) is 0 Å². The number of rotatable bonds is 2. The molecule has 6 nitrogen and oxygen atoms in total. The summed E-state index contributed by atoms with van der Waals surface area (Å²) in [4.78, 5) is 54.5. The number of carbonyl (C=O) groups excluding carboxylic acids is 4. The molecule has 0 N–H and O–H groups in total. The maximum Gasteiger partial charge on any atom is 0.261 e. The fraction of sp³-hybridized carbons (Fsp3) is 0.111. The standard InChI is InChI=1S/C27H15ClN2O4/c1-29-24(31)16-6-2-12-14-4-8-18-23-19(27(34)30(11-10-28)26(18)33)9-5-15(21(14)23)13-3-7-17(25(29)32)22(16)20(12)13/h2-9H,10-11H2,1H3. The van der Waals surface area contributed by atoms with Gasteiger partial charge in [-0.25, -0.2) is 0 Å². The van der Waals surface area contributed by atoms with E-state index in [0.717, 1.165) is 37.2 Å². The lowest BCUT2D eigenvalue weighted by molar-refractivity contribution is 0.0614. The van der Waals surface area contributed by atoms with Gasteiger partial charge in [-0.1, -0.05) is 24.3 Å². The molecule has 4 amide bonds. The van der Waals surface area contributed by atoms with E-state index in [-0.39, 0.29) is 36.1 Å². The van der Waals surface area contributed by atoms with Crippen molar-refractivity contribution < 1.29 is 19.2 Å². The third-order valence-corrected chi connectivity index (χ3v) is 7.40. The van der Waals surface area contributed by atoms with Gasteiger partial charge in [0.05, 0.1) is 0 Å². The van der Waals surface area contributed by atoms with Crippen molar-refractivity contribution in [1.29, 1.82) is 0 Å². The summed E-state index contributed by atoms with van der Waals surface area (Å²) in [6.45, 7) is 0.147. The first-order valence-corrected chi connectivity index (χ1v) is 11.4. The van der Waals surface area contributed by atoms with E-state index in [2.05, 4.69) is 0 Å². The van der Waals surface area contributed by atoms with Crippen LogP contribution in [0, 0.1) is 0 Å². The Morgan fingerprint density at radius 2 is 0.912 bits per heavy atom. The number of hydrogen-bond donors (Lipinski definition) is 0. The molecule has 5 aromatic rings. The predicted molar refractivity (Wildman–Crippen MR) is 130 cm³/mol. The molecule has 0 spiro atoms. The van der Waals surface area contributed by atoms with Crippen LogP contribution in [0.25, 0.3) is 43.1 Å². The maximum absolute atomic E-state index is 13.2. The van der Waals surface area contributed by atoms with Crippen molar-refractivity contribution in [3.05, 3.63) is 70.8 Å². The van der Waals surface area contributed by atoms with Gasteiger partial charge in [0.25, 0.3) is 23.6 Å². The lowest BCUT2D eigenvalue weighted by Gasteiger charge is -2.29. The molecule has 0 atom stereocenters. The van der Waals surface area contributed by atoms with Crippen molar-refractivity contribution in [1.82, 2.24) is 9.80 Å². The largest absolute Gasteiger partial charge is 0.277 e. The summed E-state index contributed by atoms with van der Waals surface area (Å²) < 4.78 is 0. The van der Waals surface area contributed by atoms with E-state index in [1.807, 2.05) is 24.3 Å². The van der Waals surface area contributed by atoms with Crippen LogP contribution >= 0.6 is 11.6 Å². The number of fused-ring (bicyclic) bond motifs is 2. The first-order valence-electron chi connectivity index (χ1n) is 10.9. The third kappa shape index (κ3) is 2.08. The molecule has 5 aromatic carbocycles. The molecule has 34 heavy (non-hydrogen) atoms. The van der Waals surface area contributed by atoms with Gasteiger partial charge in [-0.05, 0) is 56.6 Å². The van der Waals surface area contributed by atoms with Gasteiger partial charge in [-0.3, -0.25) is 29.0 Å². The van der Waals surface area contributed by atoms with Crippen LogP contribution in [0.2, 0.25) is 0 Å². The summed E-state index contributed by atoms with van der Waals surface area (Å²) in [6.07, 6.45) is 0. The Balaban J connectivity index is 1.69. The van der Waals surface area contributed by atoms with Gasteiger partial charge in [-0.15, -0.1) is 11.6 Å². The average Bonchev–Trinajstić information content (AvgIpc) is 2.86. The Morgan fingerprint density at radius 3 is 1.26 bits per heavy atom. The van der Waals surface area contributed by atoms with Crippen LogP contribution in [0.3, 0.4) is 0 Å². The second-order valence-corrected chi connectivity index (χ2v) is 9.14. The molecule has 0 saturated heterocycles. The highest BCUT2D eigenvalue weighted by Crippen LogP contribution is 2.46. The highest BCUT2D eigenvalue weighted by molar-refractivity contribution is 6.41. The quantitative estimate of drug-likeness (QED) is 0.162. The highest BCUT2D eigenvalue weighted by Gasteiger charge is 2.35. The topological polar surface area (TPSA) is 74.8 Å². The van der Waals surface area contributed by atoms with Crippen molar-refractivity contribution in [2.24, 2.45) is 0 Å². The fourth-order valence-electron chi connectivity index (χ4n) is 5.73. The minimum atomic E-state index is -0.350. The number of nitrogens with zero attached hydrogens (tertiary/aromatic N) is 2. The first kappa shape index (κ1) is 19.4. The van der Waals surface area contributed by atoms with Crippen LogP contribution < -0.4 is 0 Å². The van der Waals surface area contributed by atoms with Crippen LogP contribution in [-0.4, -0.2) is 52.9 Å². The van der Waals surface area contributed by atoms with Crippen molar-refractivity contribution in [3.63, 3.8) is 0 Å². The Bertz CT molecular complexity index is 1700. The van der Waals surface area contributed by atoms with Crippen LogP contribution in [0.5, 0.6) is 0 Å². The SMILES string of the molecule is CN1C(=O)c2ccc3c4ccc5c6c(ccc(c7ccc(c2c37)C1=O)c64)C(=O)N(CCCl)C5=O. The van der Waals surface area contributed by atoms with E-state index in [0.29, 0.717) is 33.0 Å². The van der Waals surface area contributed by atoms with E-state index in [9.17, 15) is 19.2 Å². The number of halogens is 1. The van der Waals surface area contributed by atoms with E-state index >= 15 is 0 Å². The Morgan fingerprint density at radius 1 is 0.559 bits per heavy atom. The van der Waals surface area contributed by atoms with Crippen molar-refractivity contribution in [3.8, 4) is 0 Å². The number of amides is 4. The fourth-order valence-corrected chi connectivity index (χ4v) is 5.89. The molecule has 0 radical (unpaired) electrons. The van der Waals surface area contributed by atoms with E-state index in [4.69, 9.17) is 11.6 Å². The number of carbonyl (C=O) groups is 4. The van der Waals surface area contributed by atoms with E-state index in [1.54, 1.807) is 24.3 Å². The zero-order chi connectivity index (χ0) is 23.5. The lowest BCUT2D eigenvalue weighted by atomic mass is 9.82. The molecule has 0 saturated carbocycles. The molecule has 0 aliphatic carbocycles. The van der Waals surface area contributed by atoms with Gasteiger partial charge >= 0.3 is 0 Å². The van der Waals surface area contributed by atoms with Gasteiger partial charge in [0, 0.05) is 52.5 Å². The summed E-state index contributed by atoms with van der Waals surface area (Å²) in [7, 11) is 1.49. The molecule has 2 aliphatic rings. The predicted octanol–water partition coefficient (Wildman–Crippen LogP) is 4.80. The molecule has 2 aliphatic heterocycles. The molecule has 0 bridgehead atoms. The average molecular weight is 467 g/mol. The zero-order valence-electron chi connectivity index (χ0n) is 17.9. The van der Waals surface area contributed by atoms with Crippen LogP contribution in [0.4, 0.5) is 0 Å². The highest BCUT2D eigenvalue weighted by atomic mass is 35.5. The summed E-state index contributed by atoms with van der Waals surface area (Å²) in [5, 5.41) is 6.47. The minimum Gasteiger partial charge on any atom is -0.277 e. The van der Waals surface area contributed by atoms with E-state index < -0.39 is 0 Å². The van der Waals surface area contributed by atoms with Crippen molar-refractivity contribution in [2.45, 2.75) is 0 Å². The Kier molecular flexibility index (Phi) is 3.60. The molecular formula is C27H15ClN2O4. The number of benzene rings is 5. The summed E-state index contributed by atoms with van der Waals surface area (Å²) in [6, 6.07) is 14.6. The monoisotopic (exact) mass is 466 g/mol. The molecular weight excluding hydrogens is 452 g/mol. The first-order chi connectivity index (χ1) is 16.4. The molecule has 7 heteroatoms. The summed E-state index contributed by atoms with van der Waals surface area (Å²) in [5.41, 5.74) is 1.94. The maximum atomic E-state index is 13.2. The second-order valence-electron chi connectivity index (χ2n) is 8.76. The van der Waals surface area contributed by atoms with Gasteiger partial charge < -0.3 is 0 Å². The number of hydrogen-bond acceptors (Lipinski definition) is 4. The molecule has 0 fully saturated rings. The normalized spacial score (nSPS) is 15.7. The molecule has 164 valence electrons. The molecule has 2 heterocycles. The van der Waals surface area contributed by atoms with Gasteiger partial charge in [0.15, 0.2) is 0 Å². The third-order valence-electron chi connectivity index (χ3n) is 7.23.